The second kappa shape index (κ2) is 9.09. The molecule has 2 aliphatic rings. The number of benzene rings is 2. The molecule has 0 unspecified atom stereocenters. The Kier molecular flexibility index (Phi) is 5.83. The fraction of sp³-hybridized carbons (Fsp3) is 0.320. The number of H-pyrrole nitrogens is 1. The molecule has 4 amide bonds. The lowest BCUT2D eigenvalue weighted by molar-refractivity contribution is -0.151. The van der Waals surface area contributed by atoms with Crippen LogP contribution in [0.15, 0.2) is 54.7 Å². The zero-order valence-electron chi connectivity index (χ0n) is 18.8. The number of hydrogen-bond acceptors (Lipinski definition) is 4. The number of anilines is 1. The van der Waals surface area contributed by atoms with Crippen molar-refractivity contribution in [3.63, 3.8) is 0 Å². The molecule has 4 N–H and O–H groups in total. The maximum Gasteiger partial charge on any atom is 0.319 e. The van der Waals surface area contributed by atoms with Crippen molar-refractivity contribution in [1.82, 2.24) is 20.5 Å². The van der Waals surface area contributed by atoms with E-state index in [4.69, 9.17) is 4.74 Å². The average Bonchev–Trinajstić information content (AvgIpc) is 3.25. The number of nitrogens with one attached hydrogen (secondary N) is 4. The van der Waals surface area contributed by atoms with Crippen molar-refractivity contribution in [2.24, 2.45) is 0 Å². The topological polar surface area (TPSA) is 116 Å². The van der Waals surface area contributed by atoms with E-state index in [1.807, 2.05) is 30.5 Å². The molecule has 0 radical (unpaired) electrons. The quantitative estimate of drug-likeness (QED) is 0.467. The monoisotopic (exact) mass is 461 g/mol. The van der Waals surface area contributed by atoms with Crippen molar-refractivity contribution in [2.75, 3.05) is 19.0 Å². The summed E-state index contributed by atoms with van der Waals surface area (Å²) < 4.78 is 5.12. The van der Waals surface area contributed by atoms with E-state index in [0.29, 0.717) is 37.2 Å². The van der Waals surface area contributed by atoms with E-state index in [1.165, 1.54) is 0 Å². The standard InChI is InChI=1S/C25H27N5O4/c1-34-18-8-6-16(7-9-18)27-25(33)28-17-10-11-30-22(13-17)23(31)29-21(24(30)32)12-15-14-26-20-5-3-2-4-19(15)20/h2-9,14,17,21-22,26H,10-13H2,1H3,(H,29,31)(H2,27,28,33)/t17-,21+,22-/m0/s1. The third-order valence-corrected chi connectivity index (χ3v) is 6.58. The van der Waals surface area contributed by atoms with Crippen molar-refractivity contribution in [2.45, 2.75) is 37.4 Å². The van der Waals surface area contributed by atoms with Gasteiger partial charge in [-0.25, -0.2) is 4.79 Å². The maximum absolute atomic E-state index is 13.2. The minimum Gasteiger partial charge on any atom is -0.497 e. The Balaban J connectivity index is 1.19. The van der Waals surface area contributed by atoms with Crippen molar-refractivity contribution >= 4 is 34.4 Å². The number of piperidine rings is 1. The molecule has 0 aliphatic carbocycles. The van der Waals surface area contributed by atoms with Crippen LogP contribution in [0.5, 0.6) is 5.75 Å². The summed E-state index contributed by atoms with van der Waals surface area (Å²) in [6.07, 6.45) is 3.30. The van der Waals surface area contributed by atoms with Gasteiger partial charge in [0.2, 0.25) is 11.8 Å². The predicted octanol–water partition coefficient (Wildman–Crippen LogP) is 2.40. The lowest BCUT2D eigenvalue weighted by Crippen LogP contribution is -2.67. The summed E-state index contributed by atoms with van der Waals surface area (Å²) in [4.78, 5) is 43.4. The number of fused-ring (bicyclic) bond motifs is 2. The smallest absolute Gasteiger partial charge is 0.319 e. The normalized spacial score (nSPS) is 22.1. The third kappa shape index (κ3) is 4.28. The number of aromatic amines is 1. The number of carbonyl (C=O) groups is 3. The van der Waals surface area contributed by atoms with Gasteiger partial charge in [-0.1, -0.05) is 18.2 Å². The van der Waals surface area contributed by atoms with Crippen LogP contribution in [-0.4, -0.2) is 59.5 Å². The summed E-state index contributed by atoms with van der Waals surface area (Å²) in [5.41, 5.74) is 2.64. The van der Waals surface area contributed by atoms with Gasteiger partial charge in [-0.15, -0.1) is 0 Å². The van der Waals surface area contributed by atoms with Gasteiger partial charge in [-0.2, -0.15) is 0 Å². The van der Waals surface area contributed by atoms with Crippen molar-refractivity contribution in [1.29, 1.82) is 0 Å². The third-order valence-electron chi connectivity index (χ3n) is 6.58. The molecule has 1 aromatic heterocycles. The molecular formula is C25H27N5O4. The number of methoxy groups -OCH3 is 1. The molecule has 2 aromatic carbocycles. The maximum atomic E-state index is 13.2. The Bertz CT molecular complexity index is 1220. The first-order valence-corrected chi connectivity index (χ1v) is 11.4. The summed E-state index contributed by atoms with van der Waals surface area (Å²) in [7, 11) is 1.58. The summed E-state index contributed by atoms with van der Waals surface area (Å²) in [5, 5.41) is 9.68. The Morgan fingerprint density at radius 3 is 2.74 bits per heavy atom. The number of carbonyl (C=O) groups excluding carboxylic acids is 3. The number of para-hydroxylation sites is 1. The predicted molar refractivity (Wildman–Crippen MR) is 128 cm³/mol. The number of rotatable bonds is 5. The number of ether oxygens (including phenoxy) is 1. The summed E-state index contributed by atoms with van der Waals surface area (Å²) in [5.74, 6) is 0.455. The highest BCUT2D eigenvalue weighted by Gasteiger charge is 2.44. The molecule has 0 bridgehead atoms. The van der Waals surface area contributed by atoms with E-state index >= 15 is 0 Å². The molecule has 5 rings (SSSR count). The molecule has 9 nitrogen and oxygen atoms in total. The molecule has 2 aliphatic heterocycles. The van der Waals surface area contributed by atoms with Crippen LogP contribution in [0.3, 0.4) is 0 Å². The minimum absolute atomic E-state index is 0.0731. The van der Waals surface area contributed by atoms with Crippen LogP contribution in [0.25, 0.3) is 10.9 Å². The summed E-state index contributed by atoms with van der Waals surface area (Å²) in [6.45, 7) is 0.425. The molecule has 0 saturated carbocycles. The van der Waals surface area contributed by atoms with Crippen LogP contribution in [-0.2, 0) is 16.0 Å². The fourth-order valence-electron chi connectivity index (χ4n) is 4.82. The Morgan fingerprint density at radius 2 is 1.94 bits per heavy atom. The summed E-state index contributed by atoms with van der Waals surface area (Å²) >= 11 is 0. The summed E-state index contributed by atoms with van der Waals surface area (Å²) in [6, 6.07) is 13.2. The second-order valence-electron chi connectivity index (χ2n) is 8.72. The second-order valence-corrected chi connectivity index (χ2v) is 8.72. The van der Waals surface area contributed by atoms with Gasteiger partial charge >= 0.3 is 6.03 Å². The Hall–Kier alpha value is -4.01. The molecule has 34 heavy (non-hydrogen) atoms. The minimum atomic E-state index is -0.592. The number of aromatic nitrogens is 1. The van der Waals surface area contributed by atoms with E-state index in [9.17, 15) is 14.4 Å². The molecule has 2 saturated heterocycles. The van der Waals surface area contributed by atoms with Gasteiger partial charge < -0.3 is 30.6 Å². The molecule has 3 atom stereocenters. The highest BCUT2D eigenvalue weighted by Crippen LogP contribution is 2.25. The number of amides is 4. The lowest BCUT2D eigenvalue weighted by Gasteiger charge is -2.44. The van der Waals surface area contributed by atoms with Gasteiger partial charge in [-0.3, -0.25) is 9.59 Å². The molecule has 0 spiro atoms. The number of piperazine rings is 1. The first kappa shape index (κ1) is 21.8. The van der Waals surface area contributed by atoms with Gasteiger partial charge in [0.05, 0.1) is 7.11 Å². The Labute approximate surface area is 196 Å². The van der Waals surface area contributed by atoms with Crippen LogP contribution in [0.1, 0.15) is 18.4 Å². The van der Waals surface area contributed by atoms with Crippen LogP contribution in [0.2, 0.25) is 0 Å². The van der Waals surface area contributed by atoms with Gasteiger partial charge in [0.15, 0.2) is 0 Å². The lowest BCUT2D eigenvalue weighted by atomic mass is 9.91. The highest BCUT2D eigenvalue weighted by molar-refractivity contribution is 5.98. The van der Waals surface area contributed by atoms with Crippen LogP contribution in [0.4, 0.5) is 10.5 Å². The first-order chi connectivity index (χ1) is 16.5. The van der Waals surface area contributed by atoms with Gasteiger partial charge in [0.1, 0.15) is 17.8 Å². The van der Waals surface area contributed by atoms with Crippen molar-refractivity contribution < 1.29 is 19.1 Å². The van der Waals surface area contributed by atoms with E-state index < -0.39 is 12.1 Å². The number of urea groups is 1. The molecule has 176 valence electrons. The molecule has 9 heteroatoms. The van der Waals surface area contributed by atoms with Gasteiger partial charge in [0, 0.05) is 41.8 Å². The van der Waals surface area contributed by atoms with E-state index in [1.54, 1.807) is 36.3 Å². The SMILES string of the molecule is COc1ccc(NC(=O)N[C@H]2CCN3C(=O)[C@@H](Cc4c[nH]c5ccccc45)NC(=O)[C@@H]3C2)cc1. The van der Waals surface area contributed by atoms with E-state index in [0.717, 1.165) is 16.5 Å². The van der Waals surface area contributed by atoms with Crippen LogP contribution < -0.4 is 20.7 Å². The molecule has 3 heterocycles. The zero-order chi connectivity index (χ0) is 23.7. The molecule has 3 aromatic rings. The van der Waals surface area contributed by atoms with E-state index in [2.05, 4.69) is 20.9 Å². The van der Waals surface area contributed by atoms with Gasteiger partial charge in [-0.05, 0) is 48.7 Å². The number of hydrogen-bond donors (Lipinski definition) is 4. The molecule has 2 fully saturated rings. The number of nitrogens with zero attached hydrogens (tertiary/aromatic N) is 1. The van der Waals surface area contributed by atoms with E-state index in [-0.39, 0.29) is 23.9 Å². The van der Waals surface area contributed by atoms with Crippen LogP contribution >= 0.6 is 0 Å². The average molecular weight is 462 g/mol. The fourth-order valence-corrected chi connectivity index (χ4v) is 4.82. The largest absolute Gasteiger partial charge is 0.497 e. The first-order valence-electron chi connectivity index (χ1n) is 11.4. The van der Waals surface area contributed by atoms with Crippen molar-refractivity contribution in [3.8, 4) is 5.75 Å². The molecular weight excluding hydrogens is 434 g/mol. The van der Waals surface area contributed by atoms with Crippen molar-refractivity contribution in [3.05, 3.63) is 60.3 Å². The highest BCUT2D eigenvalue weighted by atomic mass is 16.5. The zero-order valence-corrected chi connectivity index (χ0v) is 18.8. The van der Waals surface area contributed by atoms with Gasteiger partial charge in [0.25, 0.3) is 0 Å². The van der Waals surface area contributed by atoms with Crippen LogP contribution in [0, 0.1) is 0 Å². The Morgan fingerprint density at radius 1 is 1.15 bits per heavy atom.